The van der Waals surface area contributed by atoms with Crippen molar-refractivity contribution in [2.45, 2.75) is 19.0 Å². The molecule has 0 aliphatic carbocycles. The van der Waals surface area contributed by atoms with Crippen LogP contribution in [0.2, 0.25) is 0 Å². The SMILES string of the molecule is CC(C#N)c1cc(F)c(C(F)(F)F)c(F)c1F. The third kappa shape index (κ3) is 2.35. The predicted molar refractivity (Wildman–Crippen MR) is 45.3 cm³/mol. The third-order valence-corrected chi connectivity index (χ3v) is 2.13. The van der Waals surface area contributed by atoms with E-state index in [-0.39, 0.29) is 6.07 Å². The average molecular weight is 253 g/mol. The van der Waals surface area contributed by atoms with Crippen LogP contribution < -0.4 is 0 Å². The molecule has 1 rings (SSSR count). The first-order valence-corrected chi connectivity index (χ1v) is 4.34. The van der Waals surface area contributed by atoms with E-state index >= 15 is 0 Å². The Morgan fingerprint density at radius 2 is 1.71 bits per heavy atom. The van der Waals surface area contributed by atoms with Crippen LogP contribution in [0, 0.1) is 28.8 Å². The summed E-state index contributed by atoms with van der Waals surface area (Å²) in [6.07, 6.45) is -5.33. The largest absolute Gasteiger partial charge is 0.422 e. The number of hydrogen-bond donors (Lipinski definition) is 0. The minimum atomic E-state index is -5.33. The summed E-state index contributed by atoms with van der Waals surface area (Å²) < 4.78 is 75.9. The standard InChI is InChI=1S/C10H5F6N/c1-4(3-17)5-2-6(11)7(10(14,15)16)9(13)8(5)12/h2,4H,1H3. The summed E-state index contributed by atoms with van der Waals surface area (Å²) in [6, 6.07) is 1.67. The Morgan fingerprint density at radius 1 is 1.18 bits per heavy atom. The van der Waals surface area contributed by atoms with E-state index in [0.29, 0.717) is 0 Å². The molecule has 1 aromatic carbocycles. The Morgan fingerprint density at radius 3 is 2.12 bits per heavy atom. The van der Waals surface area contributed by atoms with Crippen molar-refractivity contribution in [1.82, 2.24) is 0 Å². The fourth-order valence-electron chi connectivity index (χ4n) is 1.26. The Bertz CT molecular complexity index is 485. The van der Waals surface area contributed by atoms with E-state index in [1.165, 1.54) is 6.07 Å². The Hall–Kier alpha value is -1.71. The van der Waals surface area contributed by atoms with E-state index in [2.05, 4.69) is 0 Å². The average Bonchev–Trinajstić information content (AvgIpc) is 2.20. The van der Waals surface area contributed by atoms with Crippen LogP contribution in [0.15, 0.2) is 6.07 Å². The van der Waals surface area contributed by atoms with Gasteiger partial charge in [0, 0.05) is 5.56 Å². The highest BCUT2D eigenvalue weighted by Crippen LogP contribution is 2.36. The molecular formula is C10H5F6N. The minimum absolute atomic E-state index is 0.190. The molecule has 1 nitrogen and oxygen atoms in total. The summed E-state index contributed by atoms with van der Waals surface area (Å²) >= 11 is 0. The van der Waals surface area contributed by atoms with Gasteiger partial charge in [0.25, 0.3) is 0 Å². The first kappa shape index (κ1) is 13.4. The molecule has 0 spiro atoms. The lowest BCUT2D eigenvalue weighted by molar-refractivity contribution is -0.142. The molecule has 0 amide bonds. The zero-order valence-electron chi connectivity index (χ0n) is 8.37. The van der Waals surface area contributed by atoms with Crippen molar-refractivity contribution in [1.29, 1.82) is 5.26 Å². The van der Waals surface area contributed by atoms with Crippen molar-refractivity contribution in [3.8, 4) is 6.07 Å². The molecule has 7 heteroatoms. The predicted octanol–water partition coefficient (Wildman–Crippen LogP) is 3.75. The van der Waals surface area contributed by atoms with Crippen molar-refractivity contribution in [3.05, 3.63) is 34.6 Å². The summed E-state index contributed by atoms with van der Waals surface area (Å²) in [5.74, 6) is -7.36. The molecule has 0 saturated heterocycles. The van der Waals surface area contributed by atoms with Gasteiger partial charge in [-0.15, -0.1) is 0 Å². The lowest BCUT2D eigenvalue weighted by Gasteiger charge is -2.13. The summed E-state index contributed by atoms with van der Waals surface area (Å²) in [6.45, 7) is 1.12. The molecule has 0 bridgehead atoms. The maximum Gasteiger partial charge on any atom is 0.422 e. The topological polar surface area (TPSA) is 23.8 Å². The van der Waals surface area contributed by atoms with E-state index in [1.54, 1.807) is 0 Å². The van der Waals surface area contributed by atoms with Gasteiger partial charge in [0.1, 0.15) is 11.4 Å². The van der Waals surface area contributed by atoms with Crippen LogP contribution in [0.25, 0.3) is 0 Å². The Labute approximate surface area is 92.3 Å². The first-order valence-electron chi connectivity index (χ1n) is 4.34. The molecule has 0 saturated carbocycles. The summed E-state index contributed by atoms with van der Waals surface area (Å²) in [5.41, 5.74) is -3.03. The number of nitrogens with zero attached hydrogens (tertiary/aromatic N) is 1. The molecule has 0 aliphatic rings. The number of alkyl halides is 3. The zero-order chi connectivity index (χ0) is 13.4. The molecule has 0 aliphatic heterocycles. The van der Waals surface area contributed by atoms with Gasteiger partial charge in [0.15, 0.2) is 11.6 Å². The van der Waals surface area contributed by atoms with Gasteiger partial charge in [-0.3, -0.25) is 0 Å². The lowest BCUT2D eigenvalue weighted by Crippen LogP contribution is -2.15. The second-order valence-corrected chi connectivity index (χ2v) is 3.30. The Balaban J connectivity index is 3.54. The monoisotopic (exact) mass is 253 g/mol. The van der Waals surface area contributed by atoms with E-state index < -0.39 is 40.7 Å². The Kier molecular flexibility index (Phi) is 3.36. The van der Waals surface area contributed by atoms with Gasteiger partial charge in [-0.05, 0) is 13.0 Å². The molecule has 1 atom stereocenters. The molecule has 0 fully saturated rings. The first-order chi connectivity index (χ1) is 7.70. The number of halogens is 6. The van der Waals surface area contributed by atoms with Crippen LogP contribution in [-0.2, 0) is 6.18 Å². The number of benzene rings is 1. The van der Waals surface area contributed by atoms with Crippen molar-refractivity contribution < 1.29 is 26.3 Å². The van der Waals surface area contributed by atoms with Gasteiger partial charge in [0.05, 0.1) is 12.0 Å². The maximum absolute atomic E-state index is 13.2. The molecule has 0 radical (unpaired) electrons. The van der Waals surface area contributed by atoms with Crippen LogP contribution in [0.5, 0.6) is 0 Å². The van der Waals surface area contributed by atoms with Crippen molar-refractivity contribution in [3.63, 3.8) is 0 Å². The fourth-order valence-corrected chi connectivity index (χ4v) is 1.26. The minimum Gasteiger partial charge on any atom is -0.206 e. The highest BCUT2D eigenvalue weighted by atomic mass is 19.4. The van der Waals surface area contributed by atoms with Gasteiger partial charge in [-0.2, -0.15) is 18.4 Å². The van der Waals surface area contributed by atoms with Crippen LogP contribution in [0.1, 0.15) is 24.0 Å². The summed E-state index contributed by atoms with van der Waals surface area (Å²) in [7, 11) is 0. The van der Waals surface area contributed by atoms with Crippen LogP contribution >= 0.6 is 0 Å². The molecule has 92 valence electrons. The van der Waals surface area contributed by atoms with E-state index in [4.69, 9.17) is 5.26 Å². The van der Waals surface area contributed by atoms with Gasteiger partial charge < -0.3 is 0 Å². The molecule has 0 N–H and O–H groups in total. The number of hydrogen-bond acceptors (Lipinski definition) is 1. The molecule has 0 aromatic heterocycles. The zero-order valence-corrected chi connectivity index (χ0v) is 8.37. The van der Waals surface area contributed by atoms with Gasteiger partial charge in [0.2, 0.25) is 0 Å². The quantitative estimate of drug-likeness (QED) is 0.552. The van der Waals surface area contributed by atoms with E-state index in [9.17, 15) is 26.3 Å². The van der Waals surface area contributed by atoms with E-state index in [1.807, 2.05) is 0 Å². The molecular weight excluding hydrogens is 248 g/mol. The maximum atomic E-state index is 13.2. The highest BCUT2D eigenvalue weighted by Gasteiger charge is 2.40. The van der Waals surface area contributed by atoms with E-state index in [0.717, 1.165) is 6.92 Å². The third-order valence-electron chi connectivity index (χ3n) is 2.13. The van der Waals surface area contributed by atoms with Gasteiger partial charge >= 0.3 is 6.18 Å². The molecule has 1 unspecified atom stereocenters. The summed E-state index contributed by atoms with van der Waals surface area (Å²) in [5, 5.41) is 8.44. The molecule has 17 heavy (non-hydrogen) atoms. The second kappa shape index (κ2) is 4.28. The lowest BCUT2D eigenvalue weighted by atomic mass is 9.99. The van der Waals surface area contributed by atoms with Crippen molar-refractivity contribution >= 4 is 0 Å². The summed E-state index contributed by atoms with van der Waals surface area (Å²) in [4.78, 5) is 0. The van der Waals surface area contributed by atoms with Crippen molar-refractivity contribution in [2.75, 3.05) is 0 Å². The molecule has 0 heterocycles. The number of nitriles is 1. The normalized spacial score (nSPS) is 13.3. The van der Waals surface area contributed by atoms with Crippen LogP contribution in [-0.4, -0.2) is 0 Å². The van der Waals surface area contributed by atoms with Crippen molar-refractivity contribution in [2.24, 2.45) is 0 Å². The highest BCUT2D eigenvalue weighted by molar-refractivity contribution is 5.34. The van der Waals surface area contributed by atoms with Crippen LogP contribution in [0.3, 0.4) is 0 Å². The van der Waals surface area contributed by atoms with Crippen LogP contribution in [0.4, 0.5) is 26.3 Å². The smallest absolute Gasteiger partial charge is 0.206 e. The van der Waals surface area contributed by atoms with Gasteiger partial charge in [-0.25, -0.2) is 13.2 Å². The second-order valence-electron chi connectivity index (χ2n) is 3.30. The fraction of sp³-hybridized carbons (Fsp3) is 0.300. The molecule has 1 aromatic rings. The number of rotatable bonds is 1. The van der Waals surface area contributed by atoms with Gasteiger partial charge in [-0.1, -0.05) is 0 Å².